The first-order chi connectivity index (χ1) is 9.60. The summed E-state index contributed by atoms with van der Waals surface area (Å²) in [5.74, 6) is 0.720. The summed E-state index contributed by atoms with van der Waals surface area (Å²) in [5, 5.41) is 6.17. The Morgan fingerprint density at radius 2 is 1.86 bits per heavy atom. The molecule has 0 saturated carbocycles. The van der Waals surface area contributed by atoms with E-state index in [1.807, 2.05) is 0 Å². The molecule has 0 aromatic rings. The number of aliphatic imine (C=N–C) groups is 1. The second-order valence-electron chi connectivity index (χ2n) is 4.61. The minimum atomic E-state index is -3.20. The standard InChI is InChI=1S/C12H26N4O3S.HI/c1-3-4-5-14-12(13-2)15-6-11-20(17,18)16-7-9-19-10-8-16;/h3-11H2,1-2H3,(H2,13,14,15);1H. The smallest absolute Gasteiger partial charge is 0.215 e. The zero-order chi connectivity index (χ0) is 14.8. The average Bonchev–Trinajstić information content (AvgIpc) is 2.46. The van der Waals surface area contributed by atoms with Crippen LogP contribution in [0, 0.1) is 0 Å². The van der Waals surface area contributed by atoms with Crippen molar-refractivity contribution >= 4 is 40.0 Å². The Hall–Kier alpha value is -0.130. The quantitative estimate of drug-likeness (QED) is 0.260. The number of hydrogen-bond acceptors (Lipinski definition) is 4. The van der Waals surface area contributed by atoms with Gasteiger partial charge >= 0.3 is 0 Å². The fourth-order valence-electron chi connectivity index (χ4n) is 1.86. The first-order valence-electron chi connectivity index (χ1n) is 7.10. The number of sulfonamides is 1. The lowest BCUT2D eigenvalue weighted by atomic mass is 10.3. The normalized spacial score (nSPS) is 17.1. The Morgan fingerprint density at radius 1 is 1.24 bits per heavy atom. The molecule has 0 amide bonds. The number of rotatable bonds is 7. The van der Waals surface area contributed by atoms with Gasteiger partial charge in [-0.3, -0.25) is 4.99 Å². The molecule has 9 heteroatoms. The molecule has 0 aliphatic carbocycles. The molecule has 0 aromatic heterocycles. The predicted octanol–water partition coefficient (Wildman–Crippen LogP) is 0.232. The minimum Gasteiger partial charge on any atom is -0.379 e. The molecule has 1 aliphatic rings. The van der Waals surface area contributed by atoms with Gasteiger partial charge in [-0.15, -0.1) is 24.0 Å². The van der Waals surface area contributed by atoms with Gasteiger partial charge in [0.2, 0.25) is 10.0 Å². The van der Waals surface area contributed by atoms with E-state index < -0.39 is 10.0 Å². The van der Waals surface area contributed by atoms with E-state index in [2.05, 4.69) is 22.5 Å². The predicted molar refractivity (Wildman–Crippen MR) is 95.9 cm³/mol. The van der Waals surface area contributed by atoms with E-state index in [1.165, 1.54) is 4.31 Å². The highest BCUT2D eigenvalue weighted by Gasteiger charge is 2.23. The average molecular weight is 434 g/mol. The van der Waals surface area contributed by atoms with Crippen LogP contribution in [0.25, 0.3) is 0 Å². The van der Waals surface area contributed by atoms with Gasteiger partial charge in [-0.05, 0) is 6.42 Å². The van der Waals surface area contributed by atoms with Crippen LogP contribution in [0.5, 0.6) is 0 Å². The summed E-state index contributed by atoms with van der Waals surface area (Å²) >= 11 is 0. The lowest BCUT2D eigenvalue weighted by molar-refractivity contribution is 0.0730. The van der Waals surface area contributed by atoms with E-state index in [4.69, 9.17) is 4.74 Å². The molecule has 0 bridgehead atoms. The maximum atomic E-state index is 12.1. The van der Waals surface area contributed by atoms with Gasteiger partial charge in [0.1, 0.15) is 0 Å². The van der Waals surface area contributed by atoms with Crippen molar-refractivity contribution in [3.8, 4) is 0 Å². The third-order valence-corrected chi connectivity index (χ3v) is 4.93. The van der Waals surface area contributed by atoms with Crippen molar-refractivity contribution in [2.45, 2.75) is 19.8 Å². The van der Waals surface area contributed by atoms with Gasteiger partial charge in [0.05, 0.1) is 19.0 Å². The van der Waals surface area contributed by atoms with Crippen LogP contribution in [0.1, 0.15) is 19.8 Å². The van der Waals surface area contributed by atoms with Crippen molar-refractivity contribution in [1.82, 2.24) is 14.9 Å². The van der Waals surface area contributed by atoms with E-state index >= 15 is 0 Å². The van der Waals surface area contributed by atoms with Gasteiger partial charge in [0.15, 0.2) is 5.96 Å². The topological polar surface area (TPSA) is 83.0 Å². The van der Waals surface area contributed by atoms with Gasteiger partial charge in [-0.25, -0.2) is 8.42 Å². The first-order valence-corrected chi connectivity index (χ1v) is 8.71. The van der Waals surface area contributed by atoms with Crippen LogP contribution in [-0.2, 0) is 14.8 Å². The summed E-state index contributed by atoms with van der Waals surface area (Å²) in [6.45, 7) is 5.17. The molecule has 0 radical (unpaired) electrons. The Bertz CT molecular complexity index is 397. The first kappa shape index (κ1) is 20.9. The van der Waals surface area contributed by atoms with Crippen LogP contribution in [0.3, 0.4) is 0 Å². The second-order valence-corrected chi connectivity index (χ2v) is 6.70. The van der Waals surface area contributed by atoms with E-state index in [1.54, 1.807) is 7.05 Å². The fraction of sp³-hybridized carbons (Fsp3) is 0.917. The second kappa shape index (κ2) is 11.4. The monoisotopic (exact) mass is 434 g/mol. The number of morpholine rings is 1. The van der Waals surface area contributed by atoms with Crippen molar-refractivity contribution in [2.24, 2.45) is 4.99 Å². The van der Waals surface area contributed by atoms with Crippen LogP contribution in [-0.4, -0.2) is 70.9 Å². The molecule has 7 nitrogen and oxygen atoms in total. The highest BCUT2D eigenvalue weighted by Crippen LogP contribution is 2.04. The zero-order valence-corrected chi connectivity index (χ0v) is 15.9. The summed E-state index contributed by atoms with van der Waals surface area (Å²) in [6.07, 6.45) is 2.17. The van der Waals surface area contributed by atoms with Crippen molar-refractivity contribution in [1.29, 1.82) is 0 Å². The maximum Gasteiger partial charge on any atom is 0.215 e. The number of nitrogens with one attached hydrogen (secondary N) is 2. The molecule has 21 heavy (non-hydrogen) atoms. The van der Waals surface area contributed by atoms with Crippen molar-refractivity contribution < 1.29 is 13.2 Å². The van der Waals surface area contributed by atoms with Crippen molar-refractivity contribution in [3.05, 3.63) is 0 Å². The summed E-state index contributed by atoms with van der Waals surface area (Å²) in [6, 6.07) is 0. The molecule has 1 heterocycles. The molecule has 2 N–H and O–H groups in total. The molecule has 126 valence electrons. The fourth-order valence-corrected chi connectivity index (χ4v) is 3.18. The number of unbranched alkanes of at least 4 members (excludes halogenated alkanes) is 1. The molecule has 1 aliphatic heterocycles. The molecule has 1 rings (SSSR count). The molecular weight excluding hydrogens is 407 g/mol. The molecule has 1 saturated heterocycles. The van der Waals surface area contributed by atoms with Crippen molar-refractivity contribution in [2.75, 3.05) is 52.2 Å². The summed E-state index contributed by atoms with van der Waals surface area (Å²) in [7, 11) is -1.53. The number of nitrogens with zero attached hydrogens (tertiary/aromatic N) is 2. The molecule has 0 atom stereocenters. The summed E-state index contributed by atoms with van der Waals surface area (Å²) in [4.78, 5) is 4.06. The van der Waals surface area contributed by atoms with Crippen LogP contribution in [0.15, 0.2) is 4.99 Å². The van der Waals surface area contributed by atoms with Gasteiger partial charge in [0, 0.05) is 33.2 Å². The third-order valence-electron chi connectivity index (χ3n) is 3.06. The number of hydrogen-bond donors (Lipinski definition) is 2. The SMILES string of the molecule is CCCCNC(=NC)NCCS(=O)(=O)N1CCOCC1.I. The van der Waals surface area contributed by atoms with Gasteiger partial charge in [-0.1, -0.05) is 13.3 Å². The van der Waals surface area contributed by atoms with Gasteiger partial charge < -0.3 is 15.4 Å². The number of guanidine groups is 1. The molecule has 0 aromatic carbocycles. The van der Waals surface area contributed by atoms with Crippen molar-refractivity contribution in [3.63, 3.8) is 0 Å². The van der Waals surface area contributed by atoms with Crippen LogP contribution < -0.4 is 10.6 Å². The van der Waals surface area contributed by atoms with E-state index in [-0.39, 0.29) is 29.7 Å². The summed E-state index contributed by atoms with van der Waals surface area (Å²) < 4.78 is 30.8. The molecule has 1 fully saturated rings. The highest BCUT2D eigenvalue weighted by molar-refractivity contribution is 14.0. The lowest BCUT2D eigenvalue weighted by Gasteiger charge is -2.26. The Labute approximate surface area is 145 Å². The largest absolute Gasteiger partial charge is 0.379 e. The van der Waals surface area contributed by atoms with E-state index in [0.717, 1.165) is 19.4 Å². The third kappa shape index (κ3) is 8.17. The summed E-state index contributed by atoms with van der Waals surface area (Å²) in [5.41, 5.74) is 0. The van der Waals surface area contributed by atoms with Crippen LogP contribution in [0.2, 0.25) is 0 Å². The molecule has 0 unspecified atom stereocenters. The van der Waals surface area contributed by atoms with Gasteiger partial charge in [0.25, 0.3) is 0 Å². The van der Waals surface area contributed by atoms with E-state index in [0.29, 0.717) is 38.8 Å². The Morgan fingerprint density at radius 3 is 2.43 bits per heavy atom. The number of ether oxygens (including phenoxy) is 1. The maximum absolute atomic E-state index is 12.1. The zero-order valence-electron chi connectivity index (χ0n) is 12.8. The highest BCUT2D eigenvalue weighted by atomic mass is 127. The van der Waals surface area contributed by atoms with E-state index in [9.17, 15) is 8.42 Å². The minimum absolute atomic E-state index is 0. The Balaban J connectivity index is 0.00000400. The molecule has 0 spiro atoms. The Kier molecular flexibility index (Phi) is 11.4. The van der Waals surface area contributed by atoms with Crippen LogP contribution >= 0.6 is 24.0 Å². The lowest BCUT2D eigenvalue weighted by Crippen LogP contribution is -2.45. The molecular formula is C12H27IN4O3S. The number of halogens is 1. The van der Waals surface area contributed by atoms with Crippen LogP contribution in [0.4, 0.5) is 0 Å². The van der Waals surface area contributed by atoms with Gasteiger partial charge in [-0.2, -0.15) is 4.31 Å².